The highest BCUT2D eigenvalue weighted by Gasteiger charge is 2.27. The number of anilines is 1. The maximum Gasteiger partial charge on any atom is 0.310 e. The Labute approximate surface area is 118 Å². The first-order valence-electron chi connectivity index (χ1n) is 6.65. The summed E-state index contributed by atoms with van der Waals surface area (Å²) in [5.41, 5.74) is 2.14. The second-order valence-corrected chi connectivity index (χ2v) is 5.22. The number of ether oxygens (including phenoxy) is 1. The molecule has 0 radical (unpaired) electrons. The number of piperidine rings is 1. The maximum atomic E-state index is 11.8. The molecule has 4 nitrogen and oxygen atoms in total. The summed E-state index contributed by atoms with van der Waals surface area (Å²) in [6.45, 7) is 5.93. The van der Waals surface area contributed by atoms with Crippen LogP contribution in [-0.4, -0.2) is 30.6 Å². The van der Waals surface area contributed by atoms with E-state index < -0.39 is 0 Å². The lowest BCUT2D eigenvalue weighted by atomic mass is 9.97. The van der Waals surface area contributed by atoms with Gasteiger partial charge < -0.3 is 9.64 Å². The Morgan fingerprint density at radius 1 is 1.63 bits per heavy atom. The Balaban J connectivity index is 2.10. The van der Waals surface area contributed by atoms with Gasteiger partial charge in [0.25, 0.3) is 0 Å². The van der Waals surface area contributed by atoms with E-state index in [-0.39, 0.29) is 11.9 Å². The largest absolute Gasteiger partial charge is 0.466 e. The van der Waals surface area contributed by atoms with E-state index in [1.54, 1.807) is 6.20 Å². The molecule has 0 spiro atoms. The molecular weight excluding hydrogens is 264 g/mol. The van der Waals surface area contributed by atoms with Crippen LogP contribution in [0.15, 0.2) is 12.3 Å². The van der Waals surface area contributed by atoms with Gasteiger partial charge in [-0.2, -0.15) is 0 Å². The summed E-state index contributed by atoms with van der Waals surface area (Å²) < 4.78 is 5.11. The van der Waals surface area contributed by atoms with Crippen LogP contribution in [0.5, 0.6) is 0 Å². The quantitative estimate of drug-likeness (QED) is 0.631. The van der Waals surface area contributed by atoms with Crippen LogP contribution in [0.2, 0.25) is 5.15 Å². The first-order chi connectivity index (χ1) is 9.11. The van der Waals surface area contributed by atoms with Gasteiger partial charge in [-0.1, -0.05) is 11.6 Å². The van der Waals surface area contributed by atoms with Crippen molar-refractivity contribution in [2.24, 2.45) is 5.92 Å². The summed E-state index contributed by atoms with van der Waals surface area (Å²) >= 11 is 5.87. The number of rotatable bonds is 3. The van der Waals surface area contributed by atoms with Gasteiger partial charge in [0, 0.05) is 13.1 Å². The van der Waals surface area contributed by atoms with E-state index in [1.165, 1.54) is 0 Å². The fraction of sp³-hybridized carbons (Fsp3) is 0.571. The smallest absolute Gasteiger partial charge is 0.310 e. The summed E-state index contributed by atoms with van der Waals surface area (Å²) in [5.74, 6) is -0.129. The van der Waals surface area contributed by atoms with E-state index in [2.05, 4.69) is 9.88 Å². The van der Waals surface area contributed by atoms with Gasteiger partial charge in [-0.25, -0.2) is 4.98 Å². The first kappa shape index (κ1) is 14.1. The Morgan fingerprint density at radius 3 is 3.11 bits per heavy atom. The topological polar surface area (TPSA) is 42.4 Å². The number of hydrogen-bond donors (Lipinski definition) is 0. The van der Waals surface area contributed by atoms with Gasteiger partial charge in [0.15, 0.2) is 0 Å². The molecule has 0 N–H and O–H groups in total. The van der Waals surface area contributed by atoms with Crippen LogP contribution in [0.25, 0.3) is 0 Å². The average molecular weight is 283 g/mol. The number of hydrogen-bond acceptors (Lipinski definition) is 4. The first-order valence-corrected chi connectivity index (χ1v) is 7.03. The van der Waals surface area contributed by atoms with Crippen molar-refractivity contribution in [2.75, 3.05) is 24.6 Å². The minimum absolute atomic E-state index is 0.0382. The number of halogens is 1. The van der Waals surface area contributed by atoms with Crippen LogP contribution in [0.4, 0.5) is 5.69 Å². The lowest BCUT2D eigenvalue weighted by Crippen LogP contribution is -2.39. The monoisotopic (exact) mass is 282 g/mol. The van der Waals surface area contributed by atoms with Crippen LogP contribution in [0, 0.1) is 12.8 Å². The summed E-state index contributed by atoms with van der Waals surface area (Å²) in [4.78, 5) is 18.2. The number of carbonyl (C=O) groups excluding carboxylic acids is 1. The van der Waals surface area contributed by atoms with Crippen molar-refractivity contribution in [1.29, 1.82) is 0 Å². The van der Waals surface area contributed by atoms with Gasteiger partial charge >= 0.3 is 5.97 Å². The van der Waals surface area contributed by atoms with Crippen molar-refractivity contribution in [3.05, 3.63) is 23.0 Å². The molecule has 1 unspecified atom stereocenters. The van der Waals surface area contributed by atoms with Gasteiger partial charge in [0.2, 0.25) is 0 Å². The molecule has 1 aliphatic rings. The zero-order valence-corrected chi connectivity index (χ0v) is 12.1. The molecule has 1 fully saturated rings. The fourth-order valence-electron chi connectivity index (χ4n) is 2.49. The fourth-order valence-corrected chi connectivity index (χ4v) is 2.71. The molecule has 0 bridgehead atoms. The van der Waals surface area contributed by atoms with Gasteiger partial charge in [-0.05, 0) is 38.3 Å². The second kappa shape index (κ2) is 6.24. The standard InChI is InChI=1S/C14H19ClN2O2/c1-3-19-14(18)11-5-4-6-17(9-11)12-8-16-13(15)7-10(12)2/h7-8,11H,3-6,9H2,1-2H3. The Morgan fingerprint density at radius 2 is 2.42 bits per heavy atom. The zero-order valence-electron chi connectivity index (χ0n) is 11.4. The minimum atomic E-state index is -0.0909. The molecule has 2 rings (SSSR count). The Bertz CT molecular complexity index is 465. The van der Waals surface area contributed by atoms with Gasteiger partial charge in [-0.3, -0.25) is 4.79 Å². The van der Waals surface area contributed by atoms with Crippen molar-refractivity contribution in [3.63, 3.8) is 0 Å². The molecule has 0 saturated carbocycles. The predicted octanol–water partition coefficient (Wildman–Crippen LogP) is 2.82. The summed E-state index contributed by atoms with van der Waals surface area (Å²) in [7, 11) is 0. The molecule has 0 aromatic carbocycles. The molecule has 0 amide bonds. The molecule has 1 aliphatic heterocycles. The summed E-state index contributed by atoms with van der Waals surface area (Å²) in [5, 5.41) is 0.500. The Hall–Kier alpha value is -1.29. The second-order valence-electron chi connectivity index (χ2n) is 4.83. The van der Waals surface area contributed by atoms with Crippen molar-refractivity contribution in [1.82, 2.24) is 4.98 Å². The van der Waals surface area contributed by atoms with Crippen LogP contribution < -0.4 is 4.90 Å². The molecule has 1 saturated heterocycles. The van der Waals surface area contributed by atoms with E-state index >= 15 is 0 Å². The molecule has 1 aromatic rings. The van der Waals surface area contributed by atoms with E-state index in [0.29, 0.717) is 18.3 Å². The SMILES string of the molecule is CCOC(=O)C1CCCN(c2cnc(Cl)cc2C)C1. The summed E-state index contributed by atoms with van der Waals surface area (Å²) in [6.07, 6.45) is 3.67. The Kier molecular flexibility index (Phi) is 4.64. The van der Waals surface area contributed by atoms with E-state index in [0.717, 1.165) is 30.6 Å². The molecule has 104 valence electrons. The molecule has 19 heavy (non-hydrogen) atoms. The third-order valence-electron chi connectivity index (χ3n) is 3.43. The molecular formula is C14H19ClN2O2. The van der Waals surface area contributed by atoms with Crippen molar-refractivity contribution < 1.29 is 9.53 Å². The zero-order chi connectivity index (χ0) is 13.8. The van der Waals surface area contributed by atoms with Gasteiger partial charge in [0.05, 0.1) is 24.4 Å². The predicted molar refractivity (Wildman–Crippen MR) is 75.6 cm³/mol. The van der Waals surface area contributed by atoms with Crippen molar-refractivity contribution in [3.8, 4) is 0 Å². The highest BCUT2D eigenvalue weighted by Crippen LogP contribution is 2.27. The molecule has 1 aromatic heterocycles. The number of aromatic nitrogens is 1. The van der Waals surface area contributed by atoms with Crippen LogP contribution in [0.3, 0.4) is 0 Å². The van der Waals surface area contributed by atoms with Crippen LogP contribution >= 0.6 is 11.6 Å². The average Bonchev–Trinajstić information content (AvgIpc) is 2.39. The van der Waals surface area contributed by atoms with Gasteiger partial charge in [-0.15, -0.1) is 0 Å². The highest BCUT2D eigenvalue weighted by molar-refractivity contribution is 6.29. The van der Waals surface area contributed by atoms with E-state index in [4.69, 9.17) is 16.3 Å². The molecule has 0 aliphatic carbocycles. The lowest BCUT2D eigenvalue weighted by Gasteiger charge is -2.33. The number of esters is 1. The number of pyridine rings is 1. The molecule has 2 heterocycles. The summed E-state index contributed by atoms with van der Waals surface area (Å²) in [6, 6.07) is 1.85. The van der Waals surface area contributed by atoms with Gasteiger partial charge in [0.1, 0.15) is 5.15 Å². The molecule has 1 atom stereocenters. The third kappa shape index (κ3) is 3.38. The van der Waals surface area contributed by atoms with Crippen molar-refractivity contribution in [2.45, 2.75) is 26.7 Å². The van der Waals surface area contributed by atoms with Crippen LogP contribution in [-0.2, 0) is 9.53 Å². The maximum absolute atomic E-state index is 11.8. The number of carbonyl (C=O) groups is 1. The highest BCUT2D eigenvalue weighted by atomic mass is 35.5. The lowest BCUT2D eigenvalue weighted by molar-refractivity contribution is -0.148. The normalized spacial score (nSPS) is 19.3. The molecule has 5 heteroatoms. The minimum Gasteiger partial charge on any atom is -0.466 e. The third-order valence-corrected chi connectivity index (χ3v) is 3.64. The van der Waals surface area contributed by atoms with E-state index in [9.17, 15) is 4.79 Å². The van der Waals surface area contributed by atoms with Crippen molar-refractivity contribution >= 4 is 23.3 Å². The van der Waals surface area contributed by atoms with Crippen LogP contribution in [0.1, 0.15) is 25.3 Å². The number of aryl methyl sites for hydroxylation is 1. The number of nitrogens with zero attached hydrogens (tertiary/aromatic N) is 2. The van der Waals surface area contributed by atoms with E-state index in [1.807, 2.05) is 19.9 Å².